The average Bonchev–Trinajstić information content (AvgIpc) is 3.18. The minimum atomic E-state index is -0.453. The van der Waals surface area contributed by atoms with E-state index in [1.54, 1.807) is 24.1 Å². The Balaban J connectivity index is 1.25. The lowest BCUT2D eigenvalue weighted by atomic mass is 9.98. The third-order valence-electron chi connectivity index (χ3n) is 6.64. The number of methoxy groups -OCH3 is 1. The van der Waals surface area contributed by atoms with E-state index in [-0.39, 0.29) is 30.0 Å². The lowest BCUT2D eigenvalue weighted by Crippen LogP contribution is -2.29. The largest absolute Gasteiger partial charge is 0.493 e. The van der Waals surface area contributed by atoms with Gasteiger partial charge in [-0.05, 0) is 74.4 Å². The molecule has 1 saturated heterocycles. The Morgan fingerprint density at radius 3 is 2.68 bits per heavy atom. The van der Waals surface area contributed by atoms with Gasteiger partial charge in [0.2, 0.25) is 5.91 Å². The van der Waals surface area contributed by atoms with Crippen molar-refractivity contribution in [1.82, 2.24) is 4.90 Å². The number of ether oxygens (including phenoxy) is 2. The molecule has 0 atom stereocenters. The molecule has 2 fully saturated rings. The fourth-order valence-electron chi connectivity index (χ4n) is 4.59. The fourth-order valence-corrected chi connectivity index (χ4v) is 5.89. The van der Waals surface area contributed by atoms with Gasteiger partial charge in [-0.25, -0.2) is 4.39 Å². The molecule has 1 heterocycles. The van der Waals surface area contributed by atoms with Crippen LogP contribution in [-0.2, 0) is 9.59 Å². The molecule has 6 nitrogen and oxygen atoms in total. The van der Waals surface area contributed by atoms with Crippen molar-refractivity contribution in [3.63, 3.8) is 0 Å². The zero-order chi connectivity index (χ0) is 26.9. The number of para-hydroxylation sites is 1. The first-order chi connectivity index (χ1) is 18.4. The van der Waals surface area contributed by atoms with Crippen LogP contribution in [0.1, 0.15) is 63.4 Å². The second-order valence-corrected chi connectivity index (χ2v) is 11.1. The highest BCUT2D eigenvalue weighted by Crippen LogP contribution is 2.36. The highest BCUT2D eigenvalue weighted by molar-refractivity contribution is 8.26. The monoisotopic (exact) mass is 556 g/mol. The number of hydrogen-bond acceptors (Lipinski definition) is 6. The van der Waals surface area contributed by atoms with E-state index in [0.29, 0.717) is 34.4 Å². The van der Waals surface area contributed by atoms with E-state index in [2.05, 4.69) is 5.32 Å². The minimum absolute atomic E-state index is 0.112. The van der Waals surface area contributed by atoms with Crippen molar-refractivity contribution in [2.24, 2.45) is 0 Å². The van der Waals surface area contributed by atoms with E-state index >= 15 is 0 Å². The van der Waals surface area contributed by atoms with Crippen LogP contribution >= 0.6 is 24.0 Å². The topological polar surface area (TPSA) is 67.9 Å². The molecule has 0 radical (unpaired) electrons. The van der Waals surface area contributed by atoms with Gasteiger partial charge < -0.3 is 14.8 Å². The smallest absolute Gasteiger partial charge is 0.266 e. The molecule has 2 aromatic rings. The number of unbranched alkanes of at least 4 members (excludes halogenated alkanes) is 2. The molecule has 4 rings (SSSR count). The molecule has 0 spiro atoms. The number of thiocarbonyl (C=S) groups is 1. The van der Waals surface area contributed by atoms with Gasteiger partial charge in [-0.3, -0.25) is 14.5 Å². The number of carbonyl (C=O) groups is 2. The molecule has 1 aliphatic carbocycles. The summed E-state index contributed by atoms with van der Waals surface area (Å²) in [6, 6.07) is 11.8. The molecule has 1 saturated carbocycles. The van der Waals surface area contributed by atoms with Crippen molar-refractivity contribution in [2.45, 2.75) is 63.9 Å². The van der Waals surface area contributed by atoms with E-state index < -0.39 is 5.82 Å². The number of carbonyl (C=O) groups excluding carboxylic acids is 2. The third kappa shape index (κ3) is 7.57. The highest BCUT2D eigenvalue weighted by atomic mass is 32.2. The number of benzene rings is 2. The maximum absolute atomic E-state index is 13.7. The number of nitrogens with zero attached hydrogens (tertiary/aromatic N) is 1. The Bertz CT molecular complexity index is 1200. The van der Waals surface area contributed by atoms with Crippen LogP contribution in [0.25, 0.3) is 6.08 Å². The summed E-state index contributed by atoms with van der Waals surface area (Å²) < 4.78 is 25.9. The predicted octanol–water partition coefficient (Wildman–Crippen LogP) is 6.95. The number of hydrogen-bond donors (Lipinski definition) is 1. The van der Waals surface area contributed by atoms with Crippen LogP contribution in [0.3, 0.4) is 0 Å². The quantitative estimate of drug-likeness (QED) is 0.184. The Kier molecular flexibility index (Phi) is 10.2. The Morgan fingerprint density at radius 1 is 1.13 bits per heavy atom. The maximum atomic E-state index is 13.7. The summed E-state index contributed by atoms with van der Waals surface area (Å²) in [6.45, 7) is 0.494. The second-order valence-electron chi connectivity index (χ2n) is 9.46. The summed E-state index contributed by atoms with van der Waals surface area (Å²) in [6.07, 6.45) is 10.2. The van der Waals surface area contributed by atoms with Gasteiger partial charge in [0.25, 0.3) is 5.91 Å². The van der Waals surface area contributed by atoms with Crippen molar-refractivity contribution >= 4 is 51.9 Å². The number of nitrogens with one attached hydrogen (secondary N) is 1. The zero-order valence-electron chi connectivity index (χ0n) is 21.5. The summed E-state index contributed by atoms with van der Waals surface area (Å²) in [4.78, 5) is 27.3. The Morgan fingerprint density at radius 2 is 1.92 bits per heavy atom. The second kappa shape index (κ2) is 13.8. The van der Waals surface area contributed by atoms with E-state index in [0.717, 1.165) is 30.6 Å². The van der Waals surface area contributed by atoms with Crippen LogP contribution in [0.2, 0.25) is 0 Å². The van der Waals surface area contributed by atoms with E-state index in [1.807, 2.05) is 24.3 Å². The standard InChI is InChI=1S/C29H33FN2O4S2/c1-35-25-18-20(15-16-24(25)36-21-10-4-2-5-11-21)19-26-28(34)32(29(37)38-26)17-9-3-6-14-27(33)31-23-13-8-7-12-22(23)30/h7-8,12-13,15-16,18-19,21H,2-6,9-11,14,17H2,1H3,(H,31,33)/b26-19-. The molecule has 2 aliphatic rings. The molecule has 0 aromatic heterocycles. The summed E-state index contributed by atoms with van der Waals surface area (Å²) in [5, 5.41) is 2.59. The predicted molar refractivity (Wildman–Crippen MR) is 154 cm³/mol. The number of amides is 2. The van der Waals surface area contributed by atoms with Gasteiger partial charge in [0.05, 0.1) is 23.8 Å². The number of anilines is 1. The number of halogens is 1. The molecule has 1 aliphatic heterocycles. The summed E-state index contributed by atoms with van der Waals surface area (Å²) in [5.41, 5.74) is 1.03. The van der Waals surface area contributed by atoms with Crippen LogP contribution in [0.15, 0.2) is 47.4 Å². The van der Waals surface area contributed by atoms with Crippen molar-refractivity contribution in [1.29, 1.82) is 0 Å². The van der Waals surface area contributed by atoms with Crippen LogP contribution in [0.4, 0.5) is 10.1 Å². The molecule has 0 unspecified atom stereocenters. The van der Waals surface area contributed by atoms with Gasteiger partial charge in [-0.1, -0.05) is 55.0 Å². The first-order valence-electron chi connectivity index (χ1n) is 13.1. The maximum Gasteiger partial charge on any atom is 0.266 e. The van der Waals surface area contributed by atoms with Crippen LogP contribution in [-0.4, -0.2) is 40.8 Å². The van der Waals surface area contributed by atoms with Gasteiger partial charge in [0.15, 0.2) is 11.5 Å². The van der Waals surface area contributed by atoms with Crippen molar-refractivity contribution in [2.75, 3.05) is 19.0 Å². The third-order valence-corrected chi connectivity index (χ3v) is 8.02. The number of rotatable bonds is 11. The van der Waals surface area contributed by atoms with Gasteiger partial charge in [0.1, 0.15) is 10.1 Å². The minimum Gasteiger partial charge on any atom is -0.493 e. The summed E-state index contributed by atoms with van der Waals surface area (Å²) in [7, 11) is 1.62. The van der Waals surface area contributed by atoms with E-state index in [4.69, 9.17) is 21.7 Å². The zero-order valence-corrected chi connectivity index (χ0v) is 23.2. The van der Waals surface area contributed by atoms with Crippen molar-refractivity contribution in [3.8, 4) is 11.5 Å². The normalized spacial score (nSPS) is 17.2. The van der Waals surface area contributed by atoms with Crippen molar-refractivity contribution < 1.29 is 23.5 Å². The molecule has 202 valence electrons. The van der Waals surface area contributed by atoms with E-state index in [9.17, 15) is 14.0 Å². The van der Waals surface area contributed by atoms with Crippen LogP contribution in [0.5, 0.6) is 11.5 Å². The van der Waals surface area contributed by atoms with Gasteiger partial charge >= 0.3 is 0 Å². The SMILES string of the molecule is COc1cc(/C=C2\SC(=S)N(CCCCCC(=O)Nc3ccccc3F)C2=O)ccc1OC1CCCCC1. The molecule has 0 bridgehead atoms. The Labute approximate surface area is 232 Å². The van der Waals surface area contributed by atoms with Gasteiger partial charge in [0, 0.05) is 13.0 Å². The molecule has 2 amide bonds. The summed E-state index contributed by atoms with van der Waals surface area (Å²) >= 11 is 6.75. The molecule has 2 aromatic carbocycles. The lowest BCUT2D eigenvalue weighted by molar-refractivity contribution is -0.122. The van der Waals surface area contributed by atoms with Crippen molar-refractivity contribution in [3.05, 3.63) is 58.8 Å². The lowest BCUT2D eigenvalue weighted by Gasteiger charge is -2.24. The van der Waals surface area contributed by atoms with Crippen LogP contribution in [0, 0.1) is 5.82 Å². The molecule has 38 heavy (non-hydrogen) atoms. The highest BCUT2D eigenvalue weighted by Gasteiger charge is 2.31. The van der Waals surface area contributed by atoms with E-state index in [1.165, 1.54) is 43.2 Å². The average molecular weight is 557 g/mol. The summed E-state index contributed by atoms with van der Waals surface area (Å²) in [5.74, 6) is 0.587. The first-order valence-corrected chi connectivity index (χ1v) is 14.3. The first kappa shape index (κ1) is 28.1. The molecule has 1 N–H and O–H groups in total. The number of thioether (sulfide) groups is 1. The molecular weight excluding hydrogens is 523 g/mol. The Hall–Kier alpha value is -2.91. The van der Waals surface area contributed by atoms with Gasteiger partial charge in [-0.15, -0.1) is 0 Å². The molecular formula is C29H33FN2O4S2. The van der Waals surface area contributed by atoms with Crippen LogP contribution < -0.4 is 14.8 Å². The van der Waals surface area contributed by atoms with Gasteiger partial charge in [-0.2, -0.15) is 0 Å². The fraction of sp³-hybridized carbons (Fsp3) is 0.414. The molecule has 9 heteroatoms.